The van der Waals surface area contributed by atoms with E-state index in [0.717, 1.165) is 16.7 Å². The Morgan fingerprint density at radius 2 is 1.65 bits per heavy atom. The first kappa shape index (κ1) is 11.1. The Morgan fingerprint density at radius 3 is 2.35 bits per heavy atom. The molecule has 0 saturated carbocycles. The molecule has 2 nitrogen and oxygen atoms in total. The van der Waals surface area contributed by atoms with E-state index in [4.69, 9.17) is 11.1 Å². The molecule has 0 unspecified atom stereocenters. The van der Waals surface area contributed by atoms with Crippen molar-refractivity contribution >= 4 is 5.71 Å². The molecule has 0 aliphatic carbocycles. The Morgan fingerprint density at radius 1 is 0.941 bits per heavy atom. The summed E-state index contributed by atoms with van der Waals surface area (Å²) in [5.74, 6) is 0. The van der Waals surface area contributed by atoms with Crippen LogP contribution in [0.15, 0.2) is 66.9 Å². The molecule has 0 amide bonds. The first-order valence-electron chi connectivity index (χ1n) is 5.44. The number of allylic oxidation sites excluding steroid dienone is 1. The van der Waals surface area contributed by atoms with E-state index < -0.39 is 0 Å². The highest BCUT2D eigenvalue weighted by molar-refractivity contribution is 6.07. The highest BCUT2D eigenvalue weighted by atomic mass is 14.5. The van der Waals surface area contributed by atoms with E-state index in [0.29, 0.717) is 5.71 Å². The summed E-state index contributed by atoms with van der Waals surface area (Å²) in [6.45, 7) is 0. The van der Waals surface area contributed by atoms with Crippen molar-refractivity contribution in [1.29, 1.82) is 5.41 Å². The largest absolute Gasteiger partial charge is 0.405 e. The third kappa shape index (κ3) is 2.61. The number of nitrogens with one attached hydrogen (secondary N) is 1. The lowest BCUT2D eigenvalue weighted by Gasteiger charge is -2.04. The van der Waals surface area contributed by atoms with Crippen LogP contribution in [0.2, 0.25) is 0 Å². The van der Waals surface area contributed by atoms with Gasteiger partial charge in [-0.15, -0.1) is 0 Å². The van der Waals surface area contributed by atoms with Crippen LogP contribution in [0.3, 0.4) is 0 Å². The third-order valence-electron chi connectivity index (χ3n) is 2.54. The minimum atomic E-state index is 0.422. The van der Waals surface area contributed by atoms with Crippen LogP contribution in [0.4, 0.5) is 0 Å². The Hall–Kier alpha value is -2.35. The number of hydrogen-bond acceptors (Lipinski definition) is 2. The van der Waals surface area contributed by atoms with Crippen molar-refractivity contribution in [2.75, 3.05) is 0 Å². The fourth-order valence-corrected chi connectivity index (χ4v) is 1.69. The van der Waals surface area contributed by atoms with Crippen LogP contribution in [0, 0.1) is 5.41 Å². The van der Waals surface area contributed by atoms with Gasteiger partial charge in [0, 0.05) is 5.56 Å². The maximum absolute atomic E-state index is 7.82. The highest BCUT2D eigenvalue weighted by Crippen LogP contribution is 2.20. The van der Waals surface area contributed by atoms with E-state index in [1.165, 1.54) is 6.20 Å². The summed E-state index contributed by atoms with van der Waals surface area (Å²) in [5.41, 5.74) is 8.85. The molecule has 0 heterocycles. The number of rotatable bonds is 3. The van der Waals surface area contributed by atoms with Crippen LogP contribution >= 0.6 is 0 Å². The fourth-order valence-electron chi connectivity index (χ4n) is 1.69. The third-order valence-corrected chi connectivity index (χ3v) is 2.54. The topological polar surface area (TPSA) is 49.9 Å². The van der Waals surface area contributed by atoms with Gasteiger partial charge in [0.15, 0.2) is 0 Å². The summed E-state index contributed by atoms with van der Waals surface area (Å²) >= 11 is 0. The highest BCUT2D eigenvalue weighted by Gasteiger charge is 2.00. The van der Waals surface area contributed by atoms with Crippen LogP contribution in [0.5, 0.6) is 0 Å². The second-order valence-electron chi connectivity index (χ2n) is 3.72. The molecule has 0 aliphatic heterocycles. The molecule has 3 N–H and O–H groups in total. The van der Waals surface area contributed by atoms with Gasteiger partial charge in [-0.25, -0.2) is 0 Å². The molecule has 0 radical (unpaired) electrons. The predicted octanol–water partition coefficient (Wildman–Crippen LogP) is 3.19. The van der Waals surface area contributed by atoms with Crippen molar-refractivity contribution in [2.45, 2.75) is 0 Å². The minimum Gasteiger partial charge on any atom is -0.405 e. The summed E-state index contributed by atoms with van der Waals surface area (Å²) < 4.78 is 0. The molecular weight excluding hydrogens is 208 g/mol. The quantitative estimate of drug-likeness (QED) is 0.770. The average molecular weight is 222 g/mol. The molecule has 0 aromatic heterocycles. The van der Waals surface area contributed by atoms with Crippen LogP contribution < -0.4 is 5.73 Å². The van der Waals surface area contributed by atoms with Crippen LogP contribution in [0.1, 0.15) is 5.56 Å². The predicted molar refractivity (Wildman–Crippen MR) is 72.0 cm³/mol. The first-order valence-corrected chi connectivity index (χ1v) is 5.44. The second kappa shape index (κ2) is 5.12. The maximum Gasteiger partial charge on any atom is 0.0626 e. The van der Waals surface area contributed by atoms with E-state index in [2.05, 4.69) is 12.1 Å². The zero-order chi connectivity index (χ0) is 12.1. The Kier molecular flexibility index (Phi) is 3.36. The summed E-state index contributed by atoms with van der Waals surface area (Å²) in [6.07, 6.45) is 2.97. The van der Waals surface area contributed by atoms with Gasteiger partial charge in [-0.2, -0.15) is 0 Å². The molecule has 2 aromatic rings. The monoisotopic (exact) mass is 222 g/mol. The smallest absolute Gasteiger partial charge is 0.0626 e. The molecule has 0 aliphatic rings. The van der Waals surface area contributed by atoms with Crippen molar-refractivity contribution in [3.05, 3.63) is 72.4 Å². The van der Waals surface area contributed by atoms with Gasteiger partial charge in [0.2, 0.25) is 0 Å². The molecule has 0 saturated heterocycles. The molecule has 0 bridgehead atoms. The van der Waals surface area contributed by atoms with Gasteiger partial charge in [0.05, 0.1) is 5.71 Å². The van der Waals surface area contributed by atoms with Gasteiger partial charge in [-0.1, -0.05) is 48.5 Å². The molecule has 0 atom stereocenters. The molecule has 84 valence electrons. The second-order valence-corrected chi connectivity index (χ2v) is 3.72. The minimum absolute atomic E-state index is 0.422. The van der Waals surface area contributed by atoms with E-state index in [1.807, 2.05) is 42.5 Å². The van der Waals surface area contributed by atoms with Gasteiger partial charge in [0.25, 0.3) is 0 Å². The van der Waals surface area contributed by atoms with Crippen LogP contribution in [-0.4, -0.2) is 5.71 Å². The Bertz CT molecular complexity index is 542. The average Bonchev–Trinajstić information content (AvgIpc) is 2.40. The standard InChI is InChI=1S/C15H14N2/c16-10-9-15(17)14-8-4-7-13(11-14)12-5-2-1-3-6-12/h1-11,17H,16H2. The number of benzene rings is 2. The maximum atomic E-state index is 7.82. The zero-order valence-corrected chi connectivity index (χ0v) is 9.43. The summed E-state index contributed by atoms with van der Waals surface area (Å²) in [5, 5.41) is 7.82. The van der Waals surface area contributed by atoms with Crippen molar-refractivity contribution in [3.8, 4) is 11.1 Å². The zero-order valence-electron chi connectivity index (χ0n) is 9.43. The Balaban J connectivity index is 2.39. The number of nitrogens with two attached hydrogens (primary N) is 1. The normalized spacial score (nSPS) is 10.6. The van der Waals surface area contributed by atoms with E-state index in [-0.39, 0.29) is 0 Å². The lowest BCUT2D eigenvalue weighted by molar-refractivity contribution is 1.48. The van der Waals surface area contributed by atoms with Crippen molar-refractivity contribution in [3.63, 3.8) is 0 Å². The van der Waals surface area contributed by atoms with Crippen LogP contribution in [0.25, 0.3) is 11.1 Å². The van der Waals surface area contributed by atoms with Gasteiger partial charge >= 0.3 is 0 Å². The van der Waals surface area contributed by atoms with Gasteiger partial charge in [-0.3, -0.25) is 0 Å². The number of hydrogen-bond donors (Lipinski definition) is 2. The molecule has 17 heavy (non-hydrogen) atoms. The van der Waals surface area contributed by atoms with Gasteiger partial charge in [-0.05, 0) is 29.5 Å². The molecule has 0 fully saturated rings. The first-order chi connectivity index (χ1) is 8.31. The van der Waals surface area contributed by atoms with E-state index >= 15 is 0 Å². The van der Waals surface area contributed by atoms with Crippen molar-refractivity contribution < 1.29 is 0 Å². The van der Waals surface area contributed by atoms with Crippen LogP contribution in [-0.2, 0) is 0 Å². The molecule has 2 aromatic carbocycles. The summed E-state index contributed by atoms with van der Waals surface area (Å²) in [6, 6.07) is 18.0. The van der Waals surface area contributed by atoms with E-state index in [1.54, 1.807) is 6.08 Å². The fraction of sp³-hybridized carbons (Fsp3) is 0. The SMILES string of the molecule is N=C(C=CN)c1cccc(-c2ccccc2)c1. The summed E-state index contributed by atoms with van der Waals surface area (Å²) in [4.78, 5) is 0. The Labute approximate surface area is 101 Å². The van der Waals surface area contributed by atoms with Crippen molar-refractivity contribution in [1.82, 2.24) is 0 Å². The summed E-state index contributed by atoms with van der Waals surface area (Å²) in [7, 11) is 0. The van der Waals surface area contributed by atoms with E-state index in [9.17, 15) is 0 Å². The van der Waals surface area contributed by atoms with Gasteiger partial charge < -0.3 is 11.1 Å². The molecule has 2 rings (SSSR count). The lowest BCUT2D eigenvalue weighted by atomic mass is 10.0. The molecule has 2 heteroatoms. The lowest BCUT2D eigenvalue weighted by Crippen LogP contribution is -1.96. The molecular formula is C15H14N2. The molecule has 0 spiro atoms. The van der Waals surface area contributed by atoms with Gasteiger partial charge in [0.1, 0.15) is 0 Å². The van der Waals surface area contributed by atoms with Crippen molar-refractivity contribution in [2.24, 2.45) is 5.73 Å².